The monoisotopic (exact) mass is 491 g/mol. The van der Waals surface area contributed by atoms with Gasteiger partial charge in [-0.3, -0.25) is 9.59 Å². The highest BCUT2D eigenvalue weighted by atomic mass is 35.5. The number of hydrogen-bond donors (Lipinski definition) is 2. The Kier molecular flexibility index (Phi) is 7.31. The topological polar surface area (TPSA) is 96.9 Å². The zero-order valence-corrected chi connectivity index (χ0v) is 19.2. The highest BCUT2D eigenvalue weighted by Crippen LogP contribution is 2.34. The molecule has 0 saturated heterocycles. The van der Waals surface area contributed by atoms with Crippen molar-refractivity contribution >= 4 is 57.0 Å². The van der Waals surface area contributed by atoms with Gasteiger partial charge in [0.15, 0.2) is 0 Å². The molecule has 7 nitrogen and oxygen atoms in total. The van der Waals surface area contributed by atoms with Gasteiger partial charge in [-0.1, -0.05) is 48.0 Å². The minimum Gasteiger partial charge on any atom is -0.423 e. The Morgan fingerprint density at radius 1 is 0.941 bits per heavy atom. The first-order valence-corrected chi connectivity index (χ1v) is 11.3. The van der Waals surface area contributed by atoms with E-state index in [2.05, 4.69) is 15.8 Å². The lowest BCUT2D eigenvalue weighted by molar-refractivity contribution is -0.120. The number of esters is 1. The lowest BCUT2D eigenvalue weighted by Gasteiger charge is -2.04. The molecule has 4 rings (SSSR count). The van der Waals surface area contributed by atoms with Crippen molar-refractivity contribution in [2.75, 3.05) is 6.54 Å². The summed E-state index contributed by atoms with van der Waals surface area (Å²) in [6.07, 6.45) is 1.44. The van der Waals surface area contributed by atoms with Gasteiger partial charge in [0.25, 0.3) is 11.8 Å². The number of nitrogens with zero attached hydrogens (tertiary/aromatic N) is 1. The number of rotatable bonds is 7. The number of halogens is 1. The van der Waals surface area contributed by atoms with Gasteiger partial charge in [-0.15, -0.1) is 11.3 Å². The third kappa shape index (κ3) is 5.67. The molecule has 0 aliphatic carbocycles. The number of carbonyl (C=O) groups is 3. The first-order chi connectivity index (χ1) is 16.5. The number of amides is 2. The number of thiophene rings is 1. The second-order valence-corrected chi connectivity index (χ2v) is 8.47. The summed E-state index contributed by atoms with van der Waals surface area (Å²) in [6.45, 7) is -0.255. The second-order valence-electron chi connectivity index (χ2n) is 7.04. The van der Waals surface area contributed by atoms with Crippen LogP contribution in [-0.4, -0.2) is 30.5 Å². The predicted molar refractivity (Wildman–Crippen MR) is 133 cm³/mol. The van der Waals surface area contributed by atoms with E-state index in [9.17, 15) is 14.4 Å². The van der Waals surface area contributed by atoms with Crippen molar-refractivity contribution in [3.8, 4) is 5.75 Å². The van der Waals surface area contributed by atoms with Crippen LogP contribution in [0.1, 0.15) is 25.6 Å². The molecule has 2 amide bonds. The molecule has 9 heteroatoms. The number of hydrogen-bond acceptors (Lipinski definition) is 6. The van der Waals surface area contributed by atoms with Crippen LogP contribution in [0.3, 0.4) is 0 Å². The Morgan fingerprint density at radius 2 is 1.65 bits per heavy atom. The lowest BCUT2D eigenvalue weighted by Crippen LogP contribution is -2.34. The van der Waals surface area contributed by atoms with Crippen LogP contribution in [0.15, 0.2) is 84.0 Å². The maximum Gasteiger partial charge on any atom is 0.343 e. The van der Waals surface area contributed by atoms with Gasteiger partial charge in [0.1, 0.15) is 10.6 Å². The van der Waals surface area contributed by atoms with E-state index < -0.39 is 17.8 Å². The molecule has 0 bridgehead atoms. The van der Waals surface area contributed by atoms with Crippen molar-refractivity contribution in [1.82, 2.24) is 10.7 Å². The van der Waals surface area contributed by atoms with Crippen molar-refractivity contribution in [3.05, 3.63) is 99.9 Å². The first-order valence-electron chi connectivity index (χ1n) is 10.2. The molecule has 0 fully saturated rings. The fourth-order valence-corrected chi connectivity index (χ4v) is 4.41. The zero-order chi connectivity index (χ0) is 23.9. The van der Waals surface area contributed by atoms with Gasteiger partial charge in [0.2, 0.25) is 0 Å². The average Bonchev–Trinajstić information content (AvgIpc) is 3.21. The van der Waals surface area contributed by atoms with Crippen LogP contribution in [-0.2, 0) is 4.79 Å². The van der Waals surface area contributed by atoms with Crippen molar-refractivity contribution in [1.29, 1.82) is 0 Å². The Hall–Kier alpha value is -4.01. The predicted octanol–water partition coefficient (Wildman–Crippen LogP) is 4.65. The summed E-state index contributed by atoms with van der Waals surface area (Å²) in [5.41, 5.74) is 3.49. The molecule has 0 saturated carbocycles. The van der Waals surface area contributed by atoms with Gasteiger partial charge in [-0.25, -0.2) is 10.2 Å². The van der Waals surface area contributed by atoms with E-state index in [0.717, 1.165) is 10.1 Å². The maximum atomic E-state index is 12.4. The van der Waals surface area contributed by atoms with Crippen LogP contribution in [0, 0.1) is 0 Å². The van der Waals surface area contributed by atoms with Crippen LogP contribution >= 0.6 is 22.9 Å². The second kappa shape index (κ2) is 10.7. The van der Waals surface area contributed by atoms with E-state index in [-0.39, 0.29) is 6.54 Å². The van der Waals surface area contributed by atoms with Gasteiger partial charge in [0.05, 0.1) is 23.3 Å². The van der Waals surface area contributed by atoms with Gasteiger partial charge in [-0.05, 0) is 48.0 Å². The lowest BCUT2D eigenvalue weighted by atomic mass is 10.2. The van der Waals surface area contributed by atoms with Gasteiger partial charge < -0.3 is 10.1 Å². The fraction of sp³-hybridized carbons (Fsp3) is 0.0400. The minimum absolute atomic E-state index is 0.255. The molecule has 1 aromatic heterocycles. The molecule has 1 heterocycles. The molecule has 3 aromatic carbocycles. The maximum absolute atomic E-state index is 12.4. The largest absolute Gasteiger partial charge is 0.423 e. The van der Waals surface area contributed by atoms with Crippen molar-refractivity contribution in [2.24, 2.45) is 5.10 Å². The molecule has 34 heavy (non-hydrogen) atoms. The molecule has 2 N–H and O–H groups in total. The van der Waals surface area contributed by atoms with Crippen molar-refractivity contribution in [2.45, 2.75) is 0 Å². The molecular weight excluding hydrogens is 474 g/mol. The van der Waals surface area contributed by atoms with Gasteiger partial charge in [0, 0.05) is 10.1 Å². The van der Waals surface area contributed by atoms with Crippen LogP contribution in [0.5, 0.6) is 5.75 Å². The summed E-state index contributed by atoms with van der Waals surface area (Å²) < 4.78 is 6.21. The Labute approximate surface area is 204 Å². The molecular formula is C25H18ClN3O4S. The summed E-state index contributed by atoms with van der Waals surface area (Å²) in [6, 6.07) is 22.7. The van der Waals surface area contributed by atoms with Crippen LogP contribution < -0.4 is 15.5 Å². The summed E-state index contributed by atoms with van der Waals surface area (Å²) in [5, 5.41) is 7.59. The molecule has 0 radical (unpaired) electrons. The highest BCUT2D eigenvalue weighted by Gasteiger charge is 2.17. The molecule has 0 atom stereocenters. The molecule has 170 valence electrons. The number of fused-ring (bicyclic) bond motifs is 1. The average molecular weight is 492 g/mol. The van der Waals surface area contributed by atoms with E-state index in [1.807, 2.05) is 30.3 Å². The van der Waals surface area contributed by atoms with Crippen LogP contribution in [0.25, 0.3) is 10.1 Å². The molecule has 0 aliphatic heterocycles. The number of nitrogens with one attached hydrogen (secondary N) is 2. The fourth-order valence-electron chi connectivity index (χ4n) is 2.98. The Balaban J connectivity index is 1.25. The normalized spacial score (nSPS) is 10.9. The van der Waals surface area contributed by atoms with E-state index in [4.69, 9.17) is 16.3 Å². The molecule has 0 spiro atoms. The van der Waals surface area contributed by atoms with Crippen LogP contribution in [0.4, 0.5) is 0 Å². The highest BCUT2D eigenvalue weighted by molar-refractivity contribution is 7.21. The smallest absolute Gasteiger partial charge is 0.343 e. The first kappa shape index (κ1) is 23.2. The quantitative estimate of drug-likeness (QED) is 0.170. The third-order valence-electron chi connectivity index (χ3n) is 4.65. The summed E-state index contributed by atoms with van der Waals surface area (Å²) >= 11 is 7.55. The number of hydrazone groups is 1. The molecule has 0 aliphatic rings. The van der Waals surface area contributed by atoms with E-state index in [1.165, 1.54) is 17.6 Å². The van der Waals surface area contributed by atoms with Gasteiger partial charge in [-0.2, -0.15) is 5.10 Å². The minimum atomic E-state index is -0.491. The molecule has 4 aromatic rings. The Morgan fingerprint density at radius 3 is 2.38 bits per heavy atom. The van der Waals surface area contributed by atoms with E-state index in [0.29, 0.717) is 26.8 Å². The van der Waals surface area contributed by atoms with Crippen molar-refractivity contribution < 1.29 is 19.1 Å². The van der Waals surface area contributed by atoms with Crippen molar-refractivity contribution in [3.63, 3.8) is 0 Å². The summed E-state index contributed by atoms with van der Waals surface area (Å²) in [7, 11) is 0. The Bertz CT molecular complexity index is 1370. The third-order valence-corrected chi connectivity index (χ3v) is 6.33. The van der Waals surface area contributed by atoms with Crippen LogP contribution in [0.2, 0.25) is 5.02 Å². The van der Waals surface area contributed by atoms with Gasteiger partial charge >= 0.3 is 5.97 Å². The number of benzene rings is 3. The number of carbonyl (C=O) groups excluding carboxylic acids is 3. The SMILES string of the molecule is O=C(CNC(=O)c1sc2ccccc2c1Cl)N/N=C\c1ccc(OC(=O)c2ccccc2)cc1. The standard InChI is InChI=1S/C25H18ClN3O4S/c26-22-19-8-4-5-9-20(19)34-23(22)24(31)27-15-21(30)29-28-14-16-10-12-18(13-11-16)33-25(32)17-6-2-1-3-7-17/h1-14H,15H2,(H,27,31)(H,29,30)/b28-14-. The van der Waals surface area contributed by atoms with E-state index in [1.54, 1.807) is 48.5 Å². The molecule has 0 unspecified atom stereocenters. The zero-order valence-electron chi connectivity index (χ0n) is 17.7. The summed E-state index contributed by atoms with van der Waals surface area (Å²) in [5.74, 6) is -0.980. The van der Waals surface area contributed by atoms with E-state index >= 15 is 0 Å². The number of ether oxygens (including phenoxy) is 1. The summed E-state index contributed by atoms with van der Waals surface area (Å²) in [4.78, 5) is 36.8.